The molecule has 5 aromatic rings. The Hall–Kier alpha value is -4.26. The van der Waals surface area contributed by atoms with Crippen LogP contribution >= 0.6 is 11.6 Å². The van der Waals surface area contributed by atoms with Crippen molar-refractivity contribution in [3.63, 3.8) is 0 Å². The van der Waals surface area contributed by atoms with E-state index in [1.807, 2.05) is 0 Å². The lowest BCUT2D eigenvalue weighted by atomic mass is 10.0. The molecule has 1 fully saturated rings. The molecule has 0 bridgehead atoms. The molecule has 1 atom stereocenters. The third kappa shape index (κ3) is 4.20. The summed E-state index contributed by atoms with van der Waals surface area (Å²) in [6.45, 7) is 0. The van der Waals surface area contributed by atoms with Gasteiger partial charge < -0.3 is 5.21 Å². The van der Waals surface area contributed by atoms with Gasteiger partial charge in [-0.2, -0.15) is 18.9 Å². The number of hydrogen-bond acceptors (Lipinski definition) is 7. The van der Waals surface area contributed by atoms with E-state index < -0.39 is 17.8 Å². The van der Waals surface area contributed by atoms with Crippen LogP contribution in [-0.2, 0) is 7.05 Å². The maximum Gasteiger partial charge on any atom is 0.260 e. The molecule has 14 heteroatoms. The van der Waals surface area contributed by atoms with Crippen molar-refractivity contribution in [2.24, 2.45) is 13.0 Å². The van der Waals surface area contributed by atoms with Gasteiger partial charge in [0, 0.05) is 24.9 Å². The quantitative estimate of drug-likeness (QED) is 0.237. The molecule has 0 amide bonds. The maximum absolute atomic E-state index is 15.2. The molecule has 0 aliphatic heterocycles. The second-order valence-corrected chi connectivity index (χ2v) is 9.34. The Morgan fingerprint density at radius 2 is 2.00 bits per heavy atom. The molecule has 0 radical (unpaired) electrons. The molecule has 0 spiro atoms. The Kier molecular flexibility index (Phi) is 5.63. The summed E-state index contributed by atoms with van der Waals surface area (Å²) in [5.41, 5.74) is 1.84. The SMILES string of the molecule is Cn1nnc(F)c1-c1cnn([C@H](CC2CC2)c2ccc(-c3c(-n4cnnn4)ccc(Cl)c3F)c[n+]2[O-])c1. The van der Waals surface area contributed by atoms with Crippen LogP contribution in [0.15, 0.2) is 49.2 Å². The normalized spacial score (nSPS) is 14.3. The molecular formula is C23H19ClF2N10O. The molecule has 0 saturated heterocycles. The zero-order valence-electron chi connectivity index (χ0n) is 19.4. The van der Waals surface area contributed by atoms with Crippen LogP contribution in [-0.4, -0.2) is 45.0 Å². The number of rotatable bonds is 7. The minimum atomic E-state index is -0.703. The minimum absolute atomic E-state index is 0.0928. The molecule has 1 saturated carbocycles. The number of pyridine rings is 1. The summed E-state index contributed by atoms with van der Waals surface area (Å²) in [4.78, 5) is 0. The second-order valence-electron chi connectivity index (χ2n) is 8.93. The monoisotopic (exact) mass is 524 g/mol. The van der Waals surface area contributed by atoms with Gasteiger partial charge in [-0.1, -0.05) is 34.8 Å². The lowest BCUT2D eigenvalue weighted by Gasteiger charge is -2.18. The number of aromatic nitrogens is 10. The van der Waals surface area contributed by atoms with Crippen LogP contribution in [0.4, 0.5) is 8.78 Å². The van der Waals surface area contributed by atoms with Crippen LogP contribution in [0.5, 0.6) is 0 Å². The van der Waals surface area contributed by atoms with Crippen LogP contribution < -0.4 is 4.73 Å². The Labute approximate surface area is 213 Å². The highest BCUT2D eigenvalue weighted by Gasteiger charge is 2.32. The summed E-state index contributed by atoms with van der Waals surface area (Å²) >= 11 is 6.06. The summed E-state index contributed by atoms with van der Waals surface area (Å²) in [7, 11) is 1.59. The van der Waals surface area contributed by atoms with E-state index >= 15 is 4.39 Å². The summed E-state index contributed by atoms with van der Waals surface area (Å²) in [5, 5.41) is 35.9. The van der Waals surface area contributed by atoms with Crippen LogP contribution in [0.2, 0.25) is 5.02 Å². The molecule has 4 aromatic heterocycles. The molecule has 1 aliphatic carbocycles. The van der Waals surface area contributed by atoms with Gasteiger partial charge >= 0.3 is 0 Å². The van der Waals surface area contributed by atoms with Gasteiger partial charge in [-0.15, -0.1) is 5.10 Å². The molecule has 1 aromatic carbocycles. The first-order valence-corrected chi connectivity index (χ1v) is 11.8. The van der Waals surface area contributed by atoms with Crippen LogP contribution in [0, 0.1) is 22.9 Å². The third-order valence-electron chi connectivity index (χ3n) is 6.48. The van der Waals surface area contributed by atoms with Gasteiger partial charge in [0.1, 0.15) is 18.1 Å². The first-order valence-electron chi connectivity index (χ1n) is 11.4. The van der Waals surface area contributed by atoms with Gasteiger partial charge in [0.15, 0.2) is 12.0 Å². The van der Waals surface area contributed by atoms with Crippen molar-refractivity contribution in [1.29, 1.82) is 0 Å². The van der Waals surface area contributed by atoms with Gasteiger partial charge in [0.2, 0.25) is 5.69 Å². The van der Waals surface area contributed by atoms with E-state index in [4.69, 9.17) is 11.6 Å². The summed E-state index contributed by atoms with van der Waals surface area (Å²) in [6, 6.07) is 5.86. The van der Waals surface area contributed by atoms with Gasteiger partial charge in [-0.05, 0) is 41.0 Å². The highest BCUT2D eigenvalue weighted by atomic mass is 35.5. The fourth-order valence-corrected chi connectivity index (χ4v) is 4.64. The third-order valence-corrected chi connectivity index (χ3v) is 6.77. The van der Waals surface area contributed by atoms with Crippen molar-refractivity contribution in [2.75, 3.05) is 0 Å². The molecule has 0 N–H and O–H groups in total. The number of hydrogen-bond donors (Lipinski definition) is 0. The fourth-order valence-electron chi connectivity index (χ4n) is 4.48. The van der Waals surface area contributed by atoms with Crippen molar-refractivity contribution in [3.05, 3.63) is 76.9 Å². The van der Waals surface area contributed by atoms with E-state index in [-0.39, 0.29) is 16.3 Å². The zero-order chi connectivity index (χ0) is 25.7. The first kappa shape index (κ1) is 23.2. The van der Waals surface area contributed by atoms with Crippen molar-refractivity contribution < 1.29 is 13.5 Å². The lowest BCUT2D eigenvalue weighted by molar-refractivity contribution is -0.615. The predicted molar refractivity (Wildman–Crippen MR) is 126 cm³/mol. The van der Waals surface area contributed by atoms with E-state index in [0.29, 0.717) is 39.6 Å². The Morgan fingerprint density at radius 1 is 1.16 bits per heavy atom. The molecule has 6 rings (SSSR count). The van der Waals surface area contributed by atoms with Crippen molar-refractivity contribution in [2.45, 2.75) is 25.3 Å². The highest BCUT2D eigenvalue weighted by Crippen LogP contribution is 2.39. The number of halogens is 3. The molecule has 188 valence electrons. The topological polar surface area (TPSA) is 119 Å². The molecule has 4 heterocycles. The van der Waals surface area contributed by atoms with Crippen LogP contribution in [0.3, 0.4) is 0 Å². The standard InChI is InChI=1S/C23H19ClF2N10O/c1-33-22(23(26)29-31-33)15-9-28-34(10-15)19(8-13-2-3-13)17-6-4-14(11-36(17)37)20-18(35-12-27-30-32-35)7-5-16(24)21(20)25/h4-7,9-13,19H,2-3,8H2,1H3/t19-/m1/s1. The lowest BCUT2D eigenvalue weighted by Crippen LogP contribution is -2.35. The van der Waals surface area contributed by atoms with E-state index in [0.717, 1.165) is 12.8 Å². The Morgan fingerprint density at radius 3 is 2.68 bits per heavy atom. The van der Waals surface area contributed by atoms with Gasteiger partial charge in [-0.25, -0.2) is 9.07 Å². The molecule has 37 heavy (non-hydrogen) atoms. The second kappa shape index (κ2) is 9.00. The van der Waals surface area contributed by atoms with Crippen LogP contribution in [0.25, 0.3) is 28.1 Å². The summed E-state index contributed by atoms with van der Waals surface area (Å²) < 4.78 is 34.4. The van der Waals surface area contributed by atoms with Gasteiger partial charge in [0.05, 0.1) is 28.0 Å². The van der Waals surface area contributed by atoms with Crippen molar-refractivity contribution in [3.8, 4) is 28.1 Å². The van der Waals surface area contributed by atoms with E-state index in [9.17, 15) is 9.60 Å². The number of nitrogens with zero attached hydrogens (tertiary/aromatic N) is 10. The van der Waals surface area contributed by atoms with Gasteiger partial charge in [0.25, 0.3) is 5.95 Å². The van der Waals surface area contributed by atoms with Crippen LogP contribution in [0.1, 0.15) is 31.0 Å². The van der Waals surface area contributed by atoms with E-state index in [1.54, 1.807) is 36.1 Å². The molecule has 1 aliphatic rings. The van der Waals surface area contributed by atoms with E-state index in [1.165, 1.54) is 34.2 Å². The van der Waals surface area contributed by atoms with E-state index in [2.05, 4.69) is 30.9 Å². The Balaban J connectivity index is 1.41. The smallest absolute Gasteiger partial charge is 0.260 e. The predicted octanol–water partition coefficient (Wildman–Crippen LogP) is 3.28. The zero-order valence-corrected chi connectivity index (χ0v) is 20.2. The first-order chi connectivity index (χ1) is 17.9. The summed E-state index contributed by atoms with van der Waals surface area (Å²) in [5.74, 6) is -0.948. The molecular weight excluding hydrogens is 506 g/mol. The average molecular weight is 525 g/mol. The maximum atomic E-state index is 15.2. The summed E-state index contributed by atoms with van der Waals surface area (Å²) in [6.07, 6.45) is 8.62. The number of tetrazole rings is 1. The van der Waals surface area contributed by atoms with Crippen molar-refractivity contribution >= 4 is 11.6 Å². The molecule has 0 unspecified atom stereocenters. The molecule has 11 nitrogen and oxygen atoms in total. The highest BCUT2D eigenvalue weighted by molar-refractivity contribution is 6.31. The fraction of sp³-hybridized carbons (Fsp3) is 0.261. The largest absolute Gasteiger partial charge is 0.618 e. The average Bonchev–Trinajstić information content (AvgIpc) is 3.23. The Bertz CT molecular complexity index is 1580. The minimum Gasteiger partial charge on any atom is -0.618 e. The number of aryl methyl sites for hydroxylation is 1. The van der Waals surface area contributed by atoms with Gasteiger partial charge in [-0.3, -0.25) is 4.68 Å². The number of benzene rings is 1. The van der Waals surface area contributed by atoms with Crippen molar-refractivity contribution in [1.82, 2.24) is 45.0 Å².